The van der Waals surface area contributed by atoms with Gasteiger partial charge in [0.1, 0.15) is 12.2 Å². The van der Waals surface area contributed by atoms with Crippen molar-refractivity contribution in [3.8, 4) is 0 Å². The summed E-state index contributed by atoms with van der Waals surface area (Å²) < 4.78 is 1.99. The van der Waals surface area contributed by atoms with E-state index in [0.717, 1.165) is 45.1 Å². The van der Waals surface area contributed by atoms with Gasteiger partial charge in [-0.05, 0) is 13.8 Å². The van der Waals surface area contributed by atoms with Gasteiger partial charge < -0.3 is 5.11 Å². The van der Waals surface area contributed by atoms with Gasteiger partial charge in [-0.1, -0.05) is 0 Å². The van der Waals surface area contributed by atoms with E-state index in [-0.39, 0.29) is 6.61 Å². The van der Waals surface area contributed by atoms with Crippen molar-refractivity contribution in [2.45, 2.75) is 26.4 Å². The summed E-state index contributed by atoms with van der Waals surface area (Å²) in [5.41, 5.74) is 0. The van der Waals surface area contributed by atoms with Gasteiger partial charge in [0.05, 0.1) is 13.2 Å². The monoisotopic (exact) mass is 253 g/mol. The summed E-state index contributed by atoms with van der Waals surface area (Å²) in [7, 11) is 0. The number of aromatic nitrogens is 3. The number of aliphatic hydroxyl groups excluding tert-OH is 1. The third kappa shape index (κ3) is 3.28. The second-order valence-electron chi connectivity index (χ2n) is 5.06. The van der Waals surface area contributed by atoms with Crippen LogP contribution in [0.3, 0.4) is 0 Å². The Hall–Kier alpha value is -0.980. The number of hydrogen-bond donors (Lipinski definition) is 1. The summed E-state index contributed by atoms with van der Waals surface area (Å²) >= 11 is 0. The molecule has 0 aliphatic carbocycles. The first-order valence-electron chi connectivity index (χ1n) is 6.64. The molecule has 0 bridgehead atoms. The van der Waals surface area contributed by atoms with E-state index < -0.39 is 0 Å². The molecule has 102 valence electrons. The Bertz CT molecular complexity index is 357. The van der Waals surface area contributed by atoms with E-state index in [1.807, 2.05) is 4.68 Å². The molecule has 0 radical (unpaired) electrons. The molecule has 1 saturated heterocycles. The molecular weight excluding hydrogens is 230 g/mol. The normalized spacial score (nSPS) is 18.7. The highest BCUT2D eigenvalue weighted by molar-refractivity contribution is 4.88. The smallest absolute Gasteiger partial charge is 0.141 e. The SMILES string of the molecule is CC(C)n1ncnc1CN1CCN(CCO)CC1. The molecule has 2 rings (SSSR count). The van der Waals surface area contributed by atoms with Crippen LogP contribution in [-0.4, -0.2) is 69.0 Å². The Morgan fingerprint density at radius 3 is 2.50 bits per heavy atom. The van der Waals surface area contributed by atoms with Crippen LogP contribution in [0.15, 0.2) is 6.33 Å². The summed E-state index contributed by atoms with van der Waals surface area (Å²) in [5, 5.41) is 13.2. The average Bonchev–Trinajstić information content (AvgIpc) is 2.80. The quantitative estimate of drug-likeness (QED) is 0.798. The standard InChI is InChI=1S/C12H23N5O/c1-11(2)17-12(13-10-14-17)9-16-5-3-15(4-6-16)7-8-18/h10-11,18H,3-9H2,1-2H3. The minimum atomic E-state index is 0.252. The summed E-state index contributed by atoms with van der Waals surface area (Å²) in [6, 6.07) is 0.359. The van der Waals surface area contributed by atoms with Crippen LogP contribution in [0.2, 0.25) is 0 Å². The van der Waals surface area contributed by atoms with Crippen LogP contribution in [0.25, 0.3) is 0 Å². The second-order valence-corrected chi connectivity index (χ2v) is 5.06. The fourth-order valence-corrected chi connectivity index (χ4v) is 2.33. The van der Waals surface area contributed by atoms with Gasteiger partial charge in [-0.15, -0.1) is 0 Å². The molecule has 0 spiro atoms. The first-order valence-corrected chi connectivity index (χ1v) is 6.64. The molecule has 0 unspecified atom stereocenters. The minimum Gasteiger partial charge on any atom is -0.395 e. The fourth-order valence-electron chi connectivity index (χ4n) is 2.33. The molecule has 1 aliphatic rings. The molecule has 6 nitrogen and oxygen atoms in total. The van der Waals surface area contributed by atoms with Crippen molar-refractivity contribution >= 4 is 0 Å². The van der Waals surface area contributed by atoms with Crippen LogP contribution in [0, 0.1) is 0 Å². The van der Waals surface area contributed by atoms with Crippen molar-refractivity contribution in [3.63, 3.8) is 0 Å². The van der Waals surface area contributed by atoms with E-state index in [1.165, 1.54) is 0 Å². The van der Waals surface area contributed by atoms with Gasteiger partial charge in [-0.3, -0.25) is 9.80 Å². The molecule has 1 aliphatic heterocycles. The Balaban J connectivity index is 1.86. The summed E-state index contributed by atoms with van der Waals surface area (Å²) in [5.74, 6) is 1.04. The van der Waals surface area contributed by atoms with Gasteiger partial charge in [-0.2, -0.15) is 5.10 Å². The van der Waals surface area contributed by atoms with Crippen molar-refractivity contribution < 1.29 is 5.11 Å². The maximum absolute atomic E-state index is 8.91. The molecule has 1 fully saturated rings. The predicted octanol–water partition coefficient (Wildman–Crippen LogP) is -0.0311. The van der Waals surface area contributed by atoms with Crippen LogP contribution >= 0.6 is 0 Å². The number of nitrogens with zero attached hydrogens (tertiary/aromatic N) is 5. The Kier molecular flexibility index (Phi) is 4.68. The van der Waals surface area contributed by atoms with Gasteiger partial charge in [-0.25, -0.2) is 9.67 Å². The fraction of sp³-hybridized carbons (Fsp3) is 0.833. The molecule has 0 amide bonds. The summed E-state index contributed by atoms with van der Waals surface area (Å²) in [6.45, 7) is 10.3. The Morgan fingerprint density at radius 1 is 1.22 bits per heavy atom. The van der Waals surface area contributed by atoms with Crippen LogP contribution in [0.5, 0.6) is 0 Å². The molecular formula is C12H23N5O. The van der Waals surface area contributed by atoms with Crippen LogP contribution in [-0.2, 0) is 6.54 Å². The maximum Gasteiger partial charge on any atom is 0.141 e. The Labute approximate surface area is 108 Å². The first kappa shape index (κ1) is 13.5. The van der Waals surface area contributed by atoms with E-state index in [1.54, 1.807) is 6.33 Å². The van der Waals surface area contributed by atoms with Crippen molar-refractivity contribution in [2.24, 2.45) is 0 Å². The number of rotatable bonds is 5. The highest BCUT2D eigenvalue weighted by Crippen LogP contribution is 2.10. The molecule has 2 heterocycles. The summed E-state index contributed by atoms with van der Waals surface area (Å²) in [6.07, 6.45) is 1.64. The van der Waals surface area contributed by atoms with E-state index in [4.69, 9.17) is 5.11 Å². The first-order chi connectivity index (χ1) is 8.70. The minimum absolute atomic E-state index is 0.252. The molecule has 6 heteroatoms. The lowest BCUT2D eigenvalue weighted by Crippen LogP contribution is -2.47. The highest BCUT2D eigenvalue weighted by Gasteiger charge is 2.18. The lowest BCUT2D eigenvalue weighted by Gasteiger charge is -2.34. The topological polar surface area (TPSA) is 57.4 Å². The summed E-state index contributed by atoms with van der Waals surface area (Å²) in [4.78, 5) is 9.04. The van der Waals surface area contributed by atoms with Gasteiger partial charge in [0.15, 0.2) is 0 Å². The van der Waals surface area contributed by atoms with E-state index >= 15 is 0 Å². The molecule has 1 aromatic rings. The molecule has 0 saturated carbocycles. The number of piperazine rings is 1. The van der Waals surface area contributed by atoms with E-state index in [2.05, 4.69) is 33.7 Å². The number of hydrogen-bond acceptors (Lipinski definition) is 5. The molecule has 0 aromatic carbocycles. The predicted molar refractivity (Wildman–Crippen MR) is 69.2 cm³/mol. The third-order valence-corrected chi connectivity index (χ3v) is 3.38. The highest BCUT2D eigenvalue weighted by atomic mass is 16.3. The maximum atomic E-state index is 8.91. The van der Waals surface area contributed by atoms with Crippen LogP contribution < -0.4 is 0 Å². The van der Waals surface area contributed by atoms with E-state index in [0.29, 0.717) is 6.04 Å². The lowest BCUT2D eigenvalue weighted by atomic mass is 10.3. The van der Waals surface area contributed by atoms with Crippen molar-refractivity contribution in [1.29, 1.82) is 0 Å². The lowest BCUT2D eigenvalue weighted by molar-refractivity contribution is 0.105. The van der Waals surface area contributed by atoms with Crippen LogP contribution in [0.4, 0.5) is 0 Å². The van der Waals surface area contributed by atoms with Gasteiger partial charge in [0, 0.05) is 38.8 Å². The largest absolute Gasteiger partial charge is 0.395 e. The molecule has 1 aromatic heterocycles. The number of β-amino-alcohol motifs (C(OH)–C–C–N with tert-alkyl or cyclic N) is 1. The molecule has 18 heavy (non-hydrogen) atoms. The zero-order valence-corrected chi connectivity index (χ0v) is 11.3. The van der Waals surface area contributed by atoms with E-state index in [9.17, 15) is 0 Å². The second kappa shape index (κ2) is 6.26. The van der Waals surface area contributed by atoms with Crippen LogP contribution in [0.1, 0.15) is 25.7 Å². The molecule has 1 N–H and O–H groups in total. The third-order valence-electron chi connectivity index (χ3n) is 3.38. The zero-order chi connectivity index (χ0) is 13.0. The van der Waals surface area contributed by atoms with Crippen molar-refractivity contribution in [2.75, 3.05) is 39.3 Å². The average molecular weight is 253 g/mol. The zero-order valence-electron chi connectivity index (χ0n) is 11.3. The molecule has 0 atom stereocenters. The van der Waals surface area contributed by atoms with Gasteiger partial charge >= 0.3 is 0 Å². The van der Waals surface area contributed by atoms with Gasteiger partial charge in [0.25, 0.3) is 0 Å². The Morgan fingerprint density at radius 2 is 1.89 bits per heavy atom. The number of aliphatic hydroxyl groups is 1. The van der Waals surface area contributed by atoms with Gasteiger partial charge in [0.2, 0.25) is 0 Å². The van der Waals surface area contributed by atoms with Crippen molar-refractivity contribution in [3.05, 3.63) is 12.2 Å². The van der Waals surface area contributed by atoms with Crippen molar-refractivity contribution in [1.82, 2.24) is 24.6 Å².